The first-order chi connectivity index (χ1) is 27.2. The van der Waals surface area contributed by atoms with Crippen molar-refractivity contribution >= 4 is 45.9 Å². The highest BCUT2D eigenvalue weighted by Crippen LogP contribution is 2.38. The molecule has 4 fully saturated rings. The van der Waals surface area contributed by atoms with Crippen molar-refractivity contribution in [2.24, 2.45) is 11.8 Å². The molecule has 0 spiro atoms. The molecule has 5 heterocycles. The van der Waals surface area contributed by atoms with Gasteiger partial charge >= 0.3 is 6.18 Å². The maximum absolute atomic E-state index is 15.3. The number of benzene rings is 2. The minimum absolute atomic E-state index is 0.0453. The molecule has 7 rings (SSSR count). The van der Waals surface area contributed by atoms with Crippen molar-refractivity contribution in [2.45, 2.75) is 94.3 Å². The lowest BCUT2D eigenvalue weighted by molar-refractivity contribution is -0.138. The van der Waals surface area contributed by atoms with Crippen LogP contribution in [0.4, 0.5) is 45.1 Å². The number of nitrogens with zero attached hydrogens (tertiary/aromatic N) is 5. The number of carbonyl (C=O) groups is 2. The van der Waals surface area contributed by atoms with Crippen molar-refractivity contribution in [3.05, 3.63) is 65.4 Å². The summed E-state index contributed by atoms with van der Waals surface area (Å²) in [5, 5.41) is 5.01. The number of rotatable bonds is 10. The molecular weight excluding hydrogens is 768 g/mol. The van der Waals surface area contributed by atoms with Crippen LogP contribution in [0.15, 0.2) is 47.5 Å². The van der Waals surface area contributed by atoms with Crippen LogP contribution in [0.5, 0.6) is 0 Å². The molecule has 2 aromatic carbocycles. The van der Waals surface area contributed by atoms with Crippen LogP contribution in [0, 0.1) is 23.5 Å². The molecule has 0 bridgehead atoms. The fraction of sp³-hybridized carbons (Fsp3) is 0.550. The minimum Gasteiger partial charge on any atom is -0.371 e. The van der Waals surface area contributed by atoms with Gasteiger partial charge in [0, 0.05) is 68.7 Å². The molecule has 5 atom stereocenters. The number of amides is 2. The van der Waals surface area contributed by atoms with Gasteiger partial charge < -0.3 is 20.0 Å². The first-order valence-electron chi connectivity index (χ1n) is 19.8. The summed E-state index contributed by atoms with van der Waals surface area (Å²) in [5.74, 6) is -2.33. The highest BCUT2D eigenvalue weighted by Gasteiger charge is 2.38. The number of carbonyl (C=O) groups excluding carboxylic acids is 2. The van der Waals surface area contributed by atoms with Crippen molar-refractivity contribution in [2.75, 3.05) is 54.4 Å². The Kier molecular flexibility index (Phi) is 12.5. The highest BCUT2D eigenvalue weighted by molar-refractivity contribution is 7.83. The zero-order chi connectivity index (χ0) is 40.4. The van der Waals surface area contributed by atoms with Crippen LogP contribution < -0.4 is 25.2 Å². The monoisotopic (exact) mass is 816 g/mol. The van der Waals surface area contributed by atoms with Crippen molar-refractivity contribution in [3.8, 4) is 0 Å². The van der Waals surface area contributed by atoms with Gasteiger partial charge in [-0.25, -0.2) is 22.7 Å². The summed E-state index contributed by atoms with van der Waals surface area (Å²) in [4.78, 5) is 38.2. The third kappa shape index (κ3) is 9.74. The molecule has 17 heteroatoms. The van der Waals surface area contributed by atoms with Gasteiger partial charge in [-0.2, -0.15) is 18.2 Å². The molecule has 4 aliphatic rings. The average molecular weight is 817 g/mol. The zero-order valence-corrected chi connectivity index (χ0v) is 32.9. The summed E-state index contributed by atoms with van der Waals surface area (Å²) in [6, 6.07) is 9.24. The lowest BCUT2D eigenvalue weighted by Gasteiger charge is -2.41. The molecule has 0 saturated carbocycles. The summed E-state index contributed by atoms with van der Waals surface area (Å²) in [6.45, 7) is 8.30. The van der Waals surface area contributed by atoms with E-state index in [1.807, 2.05) is 13.0 Å². The molecule has 11 nitrogen and oxygen atoms in total. The molecule has 3 N–H and O–H groups in total. The topological polar surface area (TPSA) is 123 Å². The Hall–Kier alpha value is -4.22. The minimum atomic E-state index is -4.64. The Morgan fingerprint density at radius 1 is 0.930 bits per heavy atom. The Balaban J connectivity index is 0.884. The van der Waals surface area contributed by atoms with Crippen LogP contribution in [0.25, 0.3) is 0 Å². The largest absolute Gasteiger partial charge is 0.421 e. The van der Waals surface area contributed by atoms with Gasteiger partial charge in [0.15, 0.2) is 0 Å². The maximum Gasteiger partial charge on any atom is 0.421 e. The van der Waals surface area contributed by atoms with Crippen LogP contribution in [0.1, 0.15) is 82.3 Å². The third-order valence-corrected chi connectivity index (χ3v) is 13.0. The normalized spacial score (nSPS) is 24.7. The lowest BCUT2D eigenvalue weighted by Crippen LogP contribution is -2.50. The number of nitrogens with one attached hydrogen (secondary N) is 3. The molecule has 5 unspecified atom stereocenters. The average Bonchev–Trinajstić information content (AvgIpc) is 3.17. The molecule has 0 aliphatic carbocycles. The van der Waals surface area contributed by atoms with Gasteiger partial charge in [0.2, 0.25) is 17.8 Å². The van der Waals surface area contributed by atoms with E-state index in [-0.39, 0.29) is 52.7 Å². The van der Waals surface area contributed by atoms with Crippen molar-refractivity contribution in [1.29, 1.82) is 0 Å². The first-order valence-corrected chi connectivity index (χ1v) is 20.9. The first kappa shape index (κ1) is 41.0. The Labute approximate surface area is 331 Å². The number of halogens is 5. The standard InChI is InChI=1S/C40H49F5N8O3S/c1-24-4-3-14-53(22-24)37-32(40(43,44)45)21-46-39(49-37)47-35-9-6-29(20-34(35)42)57(56)50-27-13-17-52(25(2)18-27)23-26-11-15-51(16-12-26)28-5-7-30(33(41)19-28)31-8-10-36(54)48-38(31)55/h5-7,9,19-21,24-27,31,50H,3-4,8,10-18,22-23H2,1-2H3,(H,46,47,49)(H,48,54,55). The van der Waals surface area contributed by atoms with Gasteiger partial charge in [0.05, 0.1) is 16.5 Å². The number of aromatic nitrogens is 2. The fourth-order valence-electron chi connectivity index (χ4n) is 8.60. The second-order valence-electron chi connectivity index (χ2n) is 16.0. The Morgan fingerprint density at radius 2 is 1.72 bits per heavy atom. The van der Waals surface area contributed by atoms with E-state index in [0.29, 0.717) is 31.0 Å². The van der Waals surface area contributed by atoms with Gasteiger partial charge in [-0.1, -0.05) is 13.0 Å². The molecular formula is C40H49F5N8O3S. The van der Waals surface area contributed by atoms with E-state index in [2.05, 4.69) is 42.0 Å². The van der Waals surface area contributed by atoms with E-state index < -0.39 is 46.2 Å². The van der Waals surface area contributed by atoms with E-state index in [1.54, 1.807) is 11.0 Å². The molecule has 3 aromatic rings. The van der Waals surface area contributed by atoms with Gasteiger partial charge in [-0.15, -0.1) is 0 Å². The van der Waals surface area contributed by atoms with Gasteiger partial charge in [0.25, 0.3) is 0 Å². The summed E-state index contributed by atoms with van der Waals surface area (Å²) in [5.41, 5.74) is 0.119. The molecule has 57 heavy (non-hydrogen) atoms. The second-order valence-corrected chi connectivity index (χ2v) is 17.2. The predicted molar refractivity (Wildman–Crippen MR) is 207 cm³/mol. The van der Waals surface area contributed by atoms with Crippen LogP contribution in [0.3, 0.4) is 0 Å². The van der Waals surface area contributed by atoms with E-state index in [1.165, 1.54) is 18.2 Å². The van der Waals surface area contributed by atoms with E-state index in [0.717, 1.165) is 82.7 Å². The third-order valence-electron chi connectivity index (χ3n) is 11.8. The number of piperidine rings is 4. The van der Waals surface area contributed by atoms with Crippen LogP contribution in [0.2, 0.25) is 0 Å². The number of hydrogen-bond acceptors (Lipinski definition) is 9. The second kappa shape index (κ2) is 17.3. The number of likely N-dealkylation sites (tertiary alicyclic amines) is 1. The van der Waals surface area contributed by atoms with Crippen molar-refractivity contribution < 1.29 is 35.8 Å². The van der Waals surface area contributed by atoms with Gasteiger partial charge in [0.1, 0.15) is 34.0 Å². The smallest absolute Gasteiger partial charge is 0.371 e. The lowest BCUT2D eigenvalue weighted by atomic mass is 9.89. The number of hydrogen-bond donors (Lipinski definition) is 3. The Morgan fingerprint density at radius 3 is 2.40 bits per heavy atom. The molecule has 308 valence electrons. The number of anilines is 4. The number of imide groups is 1. The van der Waals surface area contributed by atoms with Crippen LogP contribution in [-0.4, -0.2) is 82.2 Å². The van der Waals surface area contributed by atoms with Crippen LogP contribution >= 0.6 is 0 Å². The molecule has 4 aliphatic heterocycles. The summed E-state index contributed by atoms with van der Waals surface area (Å²) < 4.78 is 88.4. The summed E-state index contributed by atoms with van der Waals surface area (Å²) >= 11 is 0. The van der Waals surface area contributed by atoms with Gasteiger partial charge in [-0.3, -0.25) is 14.9 Å². The quantitative estimate of drug-likeness (QED) is 0.153. The number of alkyl halides is 3. The van der Waals surface area contributed by atoms with Crippen molar-refractivity contribution in [3.63, 3.8) is 0 Å². The highest BCUT2D eigenvalue weighted by atomic mass is 32.2. The Bertz CT molecular complexity index is 1980. The zero-order valence-electron chi connectivity index (χ0n) is 32.1. The molecule has 2 amide bonds. The molecule has 0 radical (unpaired) electrons. The predicted octanol–water partition coefficient (Wildman–Crippen LogP) is 6.66. The molecule has 1 aromatic heterocycles. The fourth-order valence-corrected chi connectivity index (χ4v) is 9.65. The summed E-state index contributed by atoms with van der Waals surface area (Å²) in [7, 11) is -1.70. The SMILES string of the molecule is CC1CCCN(c2nc(Nc3ccc(S(=O)NC4CCN(CC5CCN(c6ccc(C7CCC(=O)NC7=O)c(F)c6)CC5)C(C)C4)cc3F)ncc2C(F)(F)F)C1. The van der Waals surface area contributed by atoms with E-state index >= 15 is 8.78 Å². The summed E-state index contributed by atoms with van der Waals surface area (Å²) in [6.07, 6.45) is 1.66. The molecule has 4 saturated heterocycles. The van der Waals surface area contributed by atoms with Crippen LogP contribution in [-0.2, 0) is 26.8 Å². The van der Waals surface area contributed by atoms with Gasteiger partial charge in [-0.05, 0) is 101 Å². The van der Waals surface area contributed by atoms with Crippen molar-refractivity contribution in [1.82, 2.24) is 24.9 Å². The van der Waals surface area contributed by atoms with E-state index in [9.17, 15) is 27.0 Å². The maximum atomic E-state index is 15.3. The van der Waals surface area contributed by atoms with E-state index in [4.69, 9.17) is 0 Å².